The van der Waals surface area contributed by atoms with Gasteiger partial charge < -0.3 is 5.32 Å². The Balaban J connectivity index is 2.23. The molecule has 0 saturated heterocycles. The number of fused-ring (bicyclic) bond motifs is 1. The van der Waals surface area contributed by atoms with Gasteiger partial charge in [-0.3, -0.25) is 0 Å². The molecule has 1 aromatic rings. The minimum absolute atomic E-state index is 0.723. The number of aromatic nitrogens is 2. The maximum Gasteiger partial charge on any atom is 0.128 e. The molecular weight excluding hydrogens is 222 g/mol. The van der Waals surface area contributed by atoms with Crippen molar-refractivity contribution in [3.05, 3.63) is 22.8 Å². The third kappa shape index (κ3) is 3.29. The first-order valence-electron chi connectivity index (χ1n) is 7.29. The summed E-state index contributed by atoms with van der Waals surface area (Å²) in [6, 6.07) is 0. The minimum Gasteiger partial charge on any atom is -0.312 e. The molecule has 3 nitrogen and oxygen atoms in total. The van der Waals surface area contributed by atoms with E-state index in [-0.39, 0.29) is 0 Å². The Morgan fingerprint density at radius 2 is 2.06 bits per heavy atom. The van der Waals surface area contributed by atoms with Crippen LogP contribution in [0, 0.1) is 5.92 Å². The standard InChI is InChI=1S/C15H25N3/c1-4-5-13-12-10-16-9-8-14(12)18-15(17-13)7-6-11(2)3/h11,16H,4-10H2,1-3H3. The second-order valence-electron chi connectivity index (χ2n) is 5.62. The quantitative estimate of drug-likeness (QED) is 0.869. The van der Waals surface area contributed by atoms with E-state index in [2.05, 4.69) is 26.1 Å². The largest absolute Gasteiger partial charge is 0.312 e. The van der Waals surface area contributed by atoms with E-state index in [4.69, 9.17) is 9.97 Å². The lowest BCUT2D eigenvalue weighted by Crippen LogP contribution is -2.27. The first-order valence-corrected chi connectivity index (χ1v) is 7.29. The van der Waals surface area contributed by atoms with E-state index in [9.17, 15) is 0 Å². The van der Waals surface area contributed by atoms with E-state index in [1.807, 2.05) is 0 Å². The van der Waals surface area contributed by atoms with Crippen molar-refractivity contribution in [3.8, 4) is 0 Å². The number of nitrogens with one attached hydrogen (secondary N) is 1. The van der Waals surface area contributed by atoms with Gasteiger partial charge in [-0.1, -0.05) is 27.2 Å². The van der Waals surface area contributed by atoms with Crippen LogP contribution < -0.4 is 5.32 Å². The number of hydrogen-bond donors (Lipinski definition) is 1. The van der Waals surface area contributed by atoms with Gasteiger partial charge in [0.25, 0.3) is 0 Å². The summed E-state index contributed by atoms with van der Waals surface area (Å²) in [4.78, 5) is 9.57. The van der Waals surface area contributed by atoms with Gasteiger partial charge in [-0.15, -0.1) is 0 Å². The Labute approximate surface area is 110 Å². The fourth-order valence-electron chi connectivity index (χ4n) is 2.44. The van der Waals surface area contributed by atoms with E-state index in [1.54, 1.807) is 0 Å². The van der Waals surface area contributed by atoms with Crippen molar-refractivity contribution < 1.29 is 0 Å². The van der Waals surface area contributed by atoms with Gasteiger partial charge >= 0.3 is 0 Å². The highest BCUT2D eigenvalue weighted by Gasteiger charge is 2.16. The lowest BCUT2D eigenvalue weighted by molar-refractivity contribution is 0.561. The van der Waals surface area contributed by atoms with E-state index < -0.39 is 0 Å². The van der Waals surface area contributed by atoms with Crippen LogP contribution in [-0.4, -0.2) is 16.5 Å². The lowest BCUT2D eigenvalue weighted by Gasteiger charge is -2.20. The summed E-state index contributed by atoms with van der Waals surface area (Å²) < 4.78 is 0. The van der Waals surface area contributed by atoms with Gasteiger partial charge in [-0.25, -0.2) is 9.97 Å². The Morgan fingerprint density at radius 1 is 1.22 bits per heavy atom. The van der Waals surface area contributed by atoms with Crippen LogP contribution >= 0.6 is 0 Å². The molecule has 0 unspecified atom stereocenters. The van der Waals surface area contributed by atoms with Crippen LogP contribution in [0.2, 0.25) is 0 Å². The molecule has 0 saturated carbocycles. The van der Waals surface area contributed by atoms with Crippen LogP contribution in [0.4, 0.5) is 0 Å². The topological polar surface area (TPSA) is 37.8 Å². The van der Waals surface area contributed by atoms with E-state index in [1.165, 1.54) is 23.4 Å². The number of rotatable bonds is 5. The highest BCUT2D eigenvalue weighted by atomic mass is 14.9. The Morgan fingerprint density at radius 3 is 2.78 bits per heavy atom. The molecule has 2 rings (SSSR count). The minimum atomic E-state index is 0.723. The summed E-state index contributed by atoms with van der Waals surface area (Å²) in [5.74, 6) is 1.79. The normalized spacial score (nSPS) is 14.9. The van der Waals surface area contributed by atoms with Crippen molar-refractivity contribution in [1.29, 1.82) is 0 Å². The number of aryl methyl sites for hydroxylation is 2. The number of nitrogens with zero attached hydrogens (tertiary/aromatic N) is 2. The second-order valence-corrected chi connectivity index (χ2v) is 5.62. The third-order valence-corrected chi connectivity index (χ3v) is 3.50. The Hall–Kier alpha value is -0.960. The molecule has 0 aliphatic carbocycles. The van der Waals surface area contributed by atoms with Crippen LogP contribution in [0.5, 0.6) is 0 Å². The highest BCUT2D eigenvalue weighted by Crippen LogP contribution is 2.18. The van der Waals surface area contributed by atoms with Gasteiger partial charge in [0.1, 0.15) is 5.82 Å². The summed E-state index contributed by atoms with van der Waals surface area (Å²) in [5, 5.41) is 3.43. The van der Waals surface area contributed by atoms with Gasteiger partial charge in [0.15, 0.2) is 0 Å². The monoisotopic (exact) mass is 247 g/mol. The highest BCUT2D eigenvalue weighted by molar-refractivity contribution is 5.28. The molecule has 0 aromatic carbocycles. The fourth-order valence-corrected chi connectivity index (χ4v) is 2.44. The number of hydrogen-bond acceptors (Lipinski definition) is 3. The molecule has 0 amide bonds. The summed E-state index contributed by atoms with van der Waals surface area (Å²) in [6.07, 6.45) is 5.51. The van der Waals surface area contributed by atoms with E-state index in [0.717, 1.165) is 50.5 Å². The predicted molar refractivity (Wildman–Crippen MR) is 74.6 cm³/mol. The molecule has 100 valence electrons. The summed E-state index contributed by atoms with van der Waals surface area (Å²) in [5.41, 5.74) is 3.95. The fraction of sp³-hybridized carbons (Fsp3) is 0.733. The first kappa shape index (κ1) is 13.5. The molecule has 1 aliphatic rings. The maximum absolute atomic E-state index is 4.80. The zero-order valence-corrected chi connectivity index (χ0v) is 11.9. The van der Waals surface area contributed by atoms with Crippen LogP contribution in [0.3, 0.4) is 0 Å². The van der Waals surface area contributed by atoms with Crippen LogP contribution in [-0.2, 0) is 25.8 Å². The van der Waals surface area contributed by atoms with Crippen molar-refractivity contribution in [2.45, 2.75) is 59.4 Å². The summed E-state index contributed by atoms with van der Waals surface area (Å²) in [6.45, 7) is 8.75. The molecular formula is C15H25N3. The summed E-state index contributed by atoms with van der Waals surface area (Å²) in [7, 11) is 0. The Bertz CT molecular complexity index is 399. The maximum atomic E-state index is 4.80. The molecule has 2 heterocycles. The average molecular weight is 247 g/mol. The smallest absolute Gasteiger partial charge is 0.128 e. The molecule has 18 heavy (non-hydrogen) atoms. The van der Waals surface area contributed by atoms with Crippen molar-refractivity contribution in [3.63, 3.8) is 0 Å². The molecule has 0 spiro atoms. The van der Waals surface area contributed by atoms with Gasteiger partial charge in [-0.05, 0) is 18.8 Å². The molecule has 0 atom stereocenters. The third-order valence-electron chi connectivity index (χ3n) is 3.50. The van der Waals surface area contributed by atoms with E-state index in [0.29, 0.717) is 0 Å². The van der Waals surface area contributed by atoms with Crippen LogP contribution in [0.15, 0.2) is 0 Å². The molecule has 1 aromatic heterocycles. The summed E-state index contributed by atoms with van der Waals surface area (Å²) >= 11 is 0. The molecule has 1 N–H and O–H groups in total. The first-order chi connectivity index (χ1) is 8.70. The van der Waals surface area contributed by atoms with Gasteiger partial charge in [0.05, 0.1) is 5.69 Å². The van der Waals surface area contributed by atoms with Crippen molar-refractivity contribution >= 4 is 0 Å². The van der Waals surface area contributed by atoms with Gasteiger partial charge in [0, 0.05) is 37.2 Å². The molecule has 1 aliphatic heterocycles. The molecule has 0 bridgehead atoms. The van der Waals surface area contributed by atoms with Crippen LogP contribution in [0.25, 0.3) is 0 Å². The molecule has 0 radical (unpaired) electrons. The zero-order valence-electron chi connectivity index (χ0n) is 11.9. The van der Waals surface area contributed by atoms with Gasteiger partial charge in [-0.2, -0.15) is 0 Å². The zero-order chi connectivity index (χ0) is 13.0. The molecule has 0 fully saturated rings. The Kier molecular flexibility index (Phi) is 4.70. The molecule has 3 heteroatoms. The lowest BCUT2D eigenvalue weighted by atomic mass is 10.0. The van der Waals surface area contributed by atoms with Crippen molar-refractivity contribution in [2.24, 2.45) is 5.92 Å². The van der Waals surface area contributed by atoms with Gasteiger partial charge in [0.2, 0.25) is 0 Å². The average Bonchev–Trinajstić information content (AvgIpc) is 2.37. The second kappa shape index (κ2) is 6.28. The van der Waals surface area contributed by atoms with E-state index >= 15 is 0 Å². The van der Waals surface area contributed by atoms with Crippen LogP contribution in [0.1, 0.15) is 56.4 Å². The van der Waals surface area contributed by atoms with Crippen molar-refractivity contribution in [2.75, 3.05) is 6.54 Å². The predicted octanol–water partition coefficient (Wildman–Crippen LogP) is 2.66. The van der Waals surface area contributed by atoms with Crippen molar-refractivity contribution in [1.82, 2.24) is 15.3 Å². The SMILES string of the molecule is CCCc1nc(CCC(C)C)nc2c1CNCC2.